The second kappa shape index (κ2) is 8.39. The van der Waals surface area contributed by atoms with Crippen LogP contribution in [-0.4, -0.2) is 39.3 Å². The van der Waals surface area contributed by atoms with E-state index in [4.69, 9.17) is 16.3 Å². The van der Waals surface area contributed by atoms with Crippen molar-refractivity contribution in [2.45, 2.75) is 24.1 Å². The van der Waals surface area contributed by atoms with Crippen molar-refractivity contribution in [1.82, 2.24) is 9.62 Å². The summed E-state index contributed by atoms with van der Waals surface area (Å²) in [6, 6.07) is 8.30. The molecule has 1 aromatic carbocycles. The summed E-state index contributed by atoms with van der Waals surface area (Å²) in [5.41, 5.74) is 1.87. The molecule has 26 heavy (non-hydrogen) atoms. The molecule has 0 saturated heterocycles. The molecule has 0 fully saturated rings. The number of nitrogens with one attached hydrogen (secondary N) is 1. The van der Waals surface area contributed by atoms with Crippen molar-refractivity contribution in [3.8, 4) is 5.75 Å². The largest absolute Gasteiger partial charge is 0.496 e. The van der Waals surface area contributed by atoms with Crippen LogP contribution in [0.1, 0.15) is 24.1 Å². The topological polar surface area (TPSA) is 75.7 Å². The number of aryl methyl sites for hydroxylation is 1. The van der Waals surface area contributed by atoms with Crippen molar-refractivity contribution >= 4 is 38.9 Å². The van der Waals surface area contributed by atoms with Gasteiger partial charge in [-0.3, -0.25) is 4.79 Å². The highest BCUT2D eigenvalue weighted by Gasteiger charge is 2.25. The van der Waals surface area contributed by atoms with Gasteiger partial charge < -0.3 is 10.1 Å². The molecule has 0 spiro atoms. The lowest BCUT2D eigenvalue weighted by molar-refractivity contribution is -0.121. The van der Waals surface area contributed by atoms with Crippen molar-refractivity contribution in [3.05, 3.63) is 45.8 Å². The highest BCUT2D eigenvalue weighted by atomic mass is 35.5. The average molecular weight is 417 g/mol. The van der Waals surface area contributed by atoms with Crippen LogP contribution < -0.4 is 10.1 Å². The second-order valence-corrected chi connectivity index (χ2v) is 9.84. The monoisotopic (exact) mass is 416 g/mol. The predicted octanol–water partition coefficient (Wildman–Crippen LogP) is 3.22. The van der Waals surface area contributed by atoms with Gasteiger partial charge in [-0.05, 0) is 32.0 Å². The fourth-order valence-electron chi connectivity index (χ4n) is 2.43. The SMILES string of the molecule is COc1ccc(C)cc1C(C)NC(=O)CN(C)S(=O)(=O)c1ccc(Cl)s1. The van der Waals surface area contributed by atoms with Crippen LogP contribution in [0, 0.1) is 6.92 Å². The number of hydrogen-bond donors (Lipinski definition) is 1. The maximum atomic E-state index is 12.5. The fraction of sp³-hybridized carbons (Fsp3) is 0.353. The number of rotatable bonds is 7. The molecule has 9 heteroatoms. The first-order valence-corrected chi connectivity index (χ1v) is 10.4. The minimum absolute atomic E-state index is 0.103. The number of methoxy groups -OCH3 is 1. The van der Waals surface area contributed by atoms with Crippen LogP contribution in [-0.2, 0) is 14.8 Å². The molecule has 1 unspecified atom stereocenters. The van der Waals surface area contributed by atoms with Crippen LogP contribution in [0.2, 0.25) is 4.34 Å². The Hall–Kier alpha value is -1.61. The molecule has 1 N–H and O–H groups in total. The molecule has 0 aliphatic heterocycles. The van der Waals surface area contributed by atoms with Crippen molar-refractivity contribution < 1.29 is 17.9 Å². The maximum absolute atomic E-state index is 12.5. The standard InChI is InChI=1S/C17H21ClN2O4S2/c1-11-5-6-14(24-4)13(9-11)12(2)19-16(21)10-20(3)26(22,23)17-8-7-15(18)25-17/h5-9,12H,10H2,1-4H3,(H,19,21). The fourth-order valence-corrected chi connectivity index (χ4v) is 5.25. The molecule has 2 rings (SSSR count). The molecular weight excluding hydrogens is 396 g/mol. The number of hydrogen-bond acceptors (Lipinski definition) is 5. The van der Waals surface area contributed by atoms with Crippen molar-refractivity contribution in [2.24, 2.45) is 0 Å². The summed E-state index contributed by atoms with van der Waals surface area (Å²) in [6.07, 6.45) is 0. The van der Waals surface area contributed by atoms with Crippen LogP contribution in [0.3, 0.4) is 0 Å². The minimum atomic E-state index is -3.75. The Bertz CT molecular complexity index is 896. The Morgan fingerprint density at radius 3 is 2.62 bits per heavy atom. The average Bonchev–Trinajstić information content (AvgIpc) is 3.01. The molecule has 1 aromatic heterocycles. The number of benzene rings is 1. The van der Waals surface area contributed by atoms with Crippen LogP contribution in [0.4, 0.5) is 0 Å². The van der Waals surface area contributed by atoms with E-state index in [9.17, 15) is 13.2 Å². The first kappa shape index (κ1) is 20.7. The van der Waals surface area contributed by atoms with E-state index in [2.05, 4.69) is 5.32 Å². The van der Waals surface area contributed by atoms with E-state index < -0.39 is 15.9 Å². The quantitative estimate of drug-likeness (QED) is 0.751. The summed E-state index contributed by atoms with van der Waals surface area (Å²) in [5.74, 6) is 0.257. The first-order valence-electron chi connectivity index (χ1n) is 7.80. The third-order valence-electron chi connectivity index (χ3n) is 3.81. The van der Waals surface area contributed by atoms with Gasteiger partial charge in [-0.15, -0.1) is 11.3 Å². The van der Waals surface area contributed by atoms with Gasteiger partial charge in [0, 0.05) is 12.6 Å². The Morgan fingerprint density at radius 2 is 2.04 bits per heavy atom. The van der Waals surface area contributed by atoms with E-state index in [0.717, 1.165) is 26.8 Å². The third kappa shape index (κ3) is 4.76. The van der Waals surface area contributed by atoms with Crippen molar-refractivity contribution in [1.29, 1.82) is 0 Å². The van der Waals surface area contributed by atoms with Crippen LogP contribution >= 0.6 is 22.9 Å². The number of nitrogens with zero attached hydrogens (tertiary/aromatic N) is 1. The summed E-state index contributed by atoms with van der Waals surface area (Å²) >= 11 is 6.75. The normalized spacial score (nSPS) is 12.8. The summed E-state index contributed by atoms with van der Waals surface area (Å²) in [5, 5.41) is 2.81. The number of ether oxygens (including phenoxy) is 1. The molecule has 1 heterocycles. The molecule has 0 saturated carbocycles. The Balaban J connectivity index is 2.07. The highest BCUT2D eigenvalue weighted by Crippen LogP contribution is 2.28. The molecule has 0 bridgehead atoms. The van der Waals surface area contributed by atoms with Gasteiger partial charge in [-0.2, -0.15) is 4.31 Å². The van der Waals surface area contributed by atoms with E-state index in [0.29, 0.717) is 10.1 Å². The number of amides is 1. The lowest BCUT2D eigenvalue weighted by Gasteiger charge is -2.20. The van der Waals surface area contributed by atoms with Gasteiger partial charge in [0.1, 0.15) is 9.96 Å². The molecular formula is C17H21ClN2O4S2. The summed E-state index contributed by atoms with van der Waals surface area (Å²) < 4.78 is 31.7. The third-order valence-corrected chi connectivity index (χ3v) is 7.31. The van der Waals surface area contributed by atoms with Gasteiger partial charge in [0.25, 0.3) is 10.0 Å². The Labute approximate surface area is 162 Å². The second-order valence-electron chi connectivity index (χ2n) is 5.85. The van der Waals surface area contributed by atoms with Crippen LogP contribution in [0.15, 0.2) is 34.5 Å². The number of carbonyl (C=O) groups is 1. The minimum Gasteiger partial charge on any atom is -0.496 e. The Morgan fingerprint density at radius 1 is 1.35 bits per heavy atom. The zero-order valence-corrected chi connectivity index (χ0v) is 17.3. The van der Waals surface area contributed by atoms with E-state index in [1.165, 1.54) is 19.2 Å². The number of likely N-dealkylation sites (N-methyl/N-ethyl adjacent to an activating group) is 1. The van der Waals surface area contributed by atoms with Gasteiger partial charge in [-0.25, -0.2) is 8.42 Å². The molecule has 0 aliphatic carbocycles. The predicted molar refractivity (Wildman–Crippen MR) is 103 cm³/mol. The van der Waals surface area contributed by atoms with Crippen LogP contribution in [0.5, 0.6) is 5.75 Å². The molecule has 6 nitrogen and oxygen atoms in total. The molecule has 1 atom stereocenters. The van der Waals surface area contributed by atoms with E-state index in [1.54, 1.807) is 7.11 Å². The van der Waals surface area contributed by atoms with E-state index in [-0.39, 0.29) is 16.8 Å². The summed E-state index contributed by atoms with van der Waals surface area (Å²) in [4.78, 5) is 12.3. The zero-order valence-electron chi connectivity index (χ0n) is 14.9. The lowest BCUT2D eigenvalue weighted by Crippen LogP contribution is -2.39. The number of sulfonamides is 1. The smallest absolute Gasteiger partial charge is 0.252 e. The van der Waals surface area contributed by atoms with Gasteiger partial charge in [0.15, 0.2) is 0 Å². The van der Waals surface area contributed by atoms with Gasteiger partial charge >= 0.3 is 0 Å². The van der Waals surface area contributed by atoms with E-state index in [1.807, 2.05) is 32.0 Å². The zero-order chi connectivity index (χ0) is 19.5. The van der Waals surface area contributed by atoms with Crippen LogP contribution in [0.25, 0.3) is 0 Å². The highest BCUT2D eigenvalue weighted by molar-refractivity contribution is 7.91. The molecule has 2 aromatic rings. The molecule has 142 valence electrons. The maximum Gasteiger partial charge on any atom is 0.252 e. The molecule has 0 radical (unpaired) electrons. The van der Waals surface area contributed by atoms with Gasteiger partial charge in [-0.1, -0.05) is 29.3 Å². The van der Waals surface area contributed by atoms with E-state index >= 15 is 0 Å². The number of halogens is 1. The van der Waals surface area contributed by atoms with Gasteiger partial charge in [0.2, 0.25) is 5.91 Å². The first-order chi connectivity index (χ1) is 12.1. The molecule has 1 amide bonds. The van der Waals surface area contributed by atoms with Gasteiger partial charge in [0.05, 0.1) is 24.0 Å². The summed E-state index contributed by atoms with van der Waals surface area (Å²) in [7, 11) is -0.825. The number of carbonyl (C=O) groups excluding carboxylic acids is 1. The van der Waals surface area contributed by atoms with Crippen molar-refractivity contribution in [3.63, 3.8) is 0 Å². The summed E-state index contributed by atoms with van der Waals surface area (Å²) in [6.45, 7) is 3.48. The number of thiophene rings is 1. The Kier molecular flexibility index (Phi) is 6.68. The lowest BCUT2D eigenvalue weighted by atomic mass is 10.0. The van der Waals surface area contributed by atoms with Crippen molar-refractivity contribution in [2.75, 3.05) is 20.7 Å². The molecule has 0 aliphatic rings.